The Kier molecular flexibility index (Phi) is 4.27. The zero-order valence-corrected chi connectivity index (χ0v) is 12.4. The Hall–Kier alpha value is -1.03. The van der Waals surface area contributed by atoms with Gasteiger partial charge in [-0.2, -0.15) is 0 Å². The number of carbonyl (C=O) groups excluding carboxylic acids is 1. The van der Waals surface area contributed by atoms with Crippen molar-refractivity contribution in [2.45, 2.75) is 17.7 Å². The van der Waals surface area contributed by atoms with Crippen molar-refractivity contribution in [3.05, 3.63) is 29.8 Å². The molecule has 1 aromatic carbocycles. The molecule has 0 radical (unpaired) electrons. The second-order valence-electron chi connectivity index (χ2n) is 5.00. The van der Waals surface area contributed by atoms with Gasteiger partial charge in [0, 0.05) is 36.7 Å². The van der Waals surface area contributed by atoms with Crippen molar-refractivity contribution in [2.24, 2.45) is 5.92 Å². The second-order valence-corrected chi connectivity index (χ2v) is 6.18. The van der Waals surface area contributed by atoms with Crippen molar-refractivity contribution in [3.8, 4) is 0 Å². The lowest BCUT2D eigenvalue weighted by molar-refractivity contribution is 0.0953. The number of hydrogen-bond acceptors (Lipinski definition) is 2. The lowest BCUT2D eigenvalue weighted by atomic mass is 10.2. The summed E-state index contributed by atoms with van der Waals surface area (Å²) in [6.07, 6.45) is 2.56. The first-order valence-corrected chi connectivity index (χ1v) is 7.19. The third-order valence-electron chi connectivity index (χ3n) is 3.24. The van der Waals surface area contributed by atoms with Crippen molar-refractivity contribution >= 4 is 27.5 Å². The van der Waals surface area contributed by atoms with Crippen LogP contribution < -0.4 is 10.2 Å². The van der Waals surface area contributed by atoms with Crippen molar-refractivity contribution in [1.82, 2.24) is 5.32 Å². The van der Waals surface area contributed by atoms with Gasteiger partial charge in [0.15, 0.2) is 0 Å². The van der Waals surface area contributed by atoms with Crippen LogP contribution in [0.5, 0.6) is 0 Å². The van der Waals surface area contributed by atoms with E-state index in [1.165, 1.54) is 12.8 Å². The number of anilines is 1. The smallest absolute Gasteiger partial charge is 0.251 e. The molecule has 1 aliphatic carbocycles. The molecular weight excluding hydrogens is 292 g/mol. The summed E-state index contributed by atoms with van der Waals surface area (Å²) in [7, 11) is 3.97. The predicted octanol–water partition coefficient (Wildman–Crippen LogP) is 2.66. The lowest BCUT2D eigenvalue weighted by Crippen LogP contribution is -2.30. The Labute approximate surface area is 117 Å². The molecule has 1 aromatic rings. The molecule has 0 bridgehead atoms. The predicted molar refractivity (Wildman–Crippen MR) is 78.5 cm³/mol. The lowest BCUT2D eigenvalue weighted by Gasteiger charge is -2.13. The van der Waals surface area contributed by atoms with Crippen LogP contribution in [0.4, 0.5) is 5.69 Å². The van der Waals surface area contributed by atoms with E-state index in [2.05, 4.69) is 21.2 Å². The fourth-order valence-corrected chi connectivity index (χ4v) is 2.52. The molecule has 1 amide bonds. The van der Waals surface area contributed by atoms with E-state index in [1.807, 2.05) is 43.3 Å². The number of halogens is 1. The molecule has 2 rings (SSSR count). The Morgan fingerprint density at radius 2 is 2.00 bits per heavy atom. The number of benzene rings is 1. The number of hydrogen-bond donors (Lipinski definition) is 1. The highest BCUT2D eigenvalue weighted by atomic mass is 79.9. The fourth-order valence-electron chi connectivity index (χ4n) is 1.83. The molecule has 3 nitrogen and oxygen atoms in total. The van der Waals surface area contributed by atoms with Crippen LogP contribution in [0.2, 0.25) is 0 Å². The van der Waals surface area contributed by atoms with Crippen LogP contribution in [-0.2, 0) is 0 Å². The van der Waals surface area contributed by atoms with Crippen LogP contribution >= 0.6 is 15.9 Å². The second kappa shape index (κ2) is 5.74. The zero-order chi connectivity index (χ0) is 13.1. The zero-order valence-electron chi connectivity index (χ0n) is 10.8. The van der Waals surface area contributed by atoms with E-state index in [4.69, 9.17) is 0 Å². The monoisotopic (exact) mass is 310 g/mol. The van der Waals surface area contributed by atoms with E-state index >= 15 is 0 Å². The molecule has 1 aliphatic rings. The van der Waals surface area contributed by atoms with E-state index < -0.39 is 0 Å². The van der Waals surface area contributed by atoms with Crippen molar-refractivity contribution in [2.75, 3.05) is 25.5 Å². The molecule has 0 aliphatic heterocycles. The van der Waals surface area contributed by atoms with Crippen LogP contribution in [0, 0.1) is 5.92 Å². The number of alkyl halides is 1. The Morgan fingerprint density at radius 1 is 1.39 bits per heavy atom. The van der Waals surface area contributed by atoms with E-state index in [-0.39, 0.29) is 5.91 Å². The van der Waals surface area contributed by atoms with Crippen LogP contribution in [-0.4, -0.2) is 31.4 Å². The van der Waals surface area contributed by atoms with Gasteiger partial charge in [0.1, 0.15) is 0 Å². The highest BCUT2D eigenvalue weighted by Gasteiger charge is 2.29. The Bertz CT molecular complexity index is 412. The maximum absolute atomic E-state index is 11.9. The van der Waals surface area contributed by atoms with E-state index in [9.17, 15) is 4.79 Å². The topological polar surface area (TPSA) is 32.3 Å². The van der Waals surface area contributed by atoms with Crippen LogP contribution in [0.3, 0.4) is 0 Å². The summed E-state index contributed by atoms with van der Waals surface area (Å²) in [5, 5.41) is 2.97. The SMILES string of the molecule is CN(C)c1ccc(C(=O)NCC(Br)C2CC2)cc1. The van der Waals surface area contributed by atoms with Gasteiger partial charge in [-0.05, 0) is 43.0 Å². The minimum atomic E-state index is 0.00501. The first-order valence-electron chi connectivity index (χ1n) is 6.27. The molecule has 0 saturated heterocycles. The summed E-state index contributed by atoms with van der Waals surface area (Å²) in [5.74, 6) is 0.756. The molecule has 98 valence electrons. The molecule has 1 fully saturated rings. The first kappa shape index (κ1) is 13.4. The van der Waals surface area contributed by atoms with Crippen LogP contribution in [0.1, 0.15) is 23.2 Å². The van der Waals surface area contributed by atoms with Gasteiger partial charge in [0.05, 0.1) is 0 Å². The third kappa shape index (κ3) is 3.48. The molecule has 1 N–H and O–H groups in total. The quantitative estimate of drug-likeness (QED) is 0.848. The minimum absolute atomic E-state index is 0.00501. The molecule has 0 aromatic heterocycles. The number of carbonyl (C=O) groups is 1. The molecule has 1 saturated carbocycles. The standard InChI is InChI=1S/C14H19BrN2O/c1-17(2)12-7-5-11(6-8-12)14(18)16-9-13(15)10-3-4-10/h5-8,10,13H,3-4,9H2,1-2H3,(H,16,18). The highest BCUT2D eigenvalue weighted by molar-refractivity contribution is 9.09. The van der Waals surface area contributed by atoms with E-state index in [0.29, 0.717) is 11.4 Å². The average Bonchev–Trinajstić information content (AvgIpc) is 3.20. The summed E-state index contributed by atoms with van der Waals surface area (Å²) in [5.41, 5.74) is 1.82. The molecule has 1 unspecified atom stereocenters. The molecular formula is C14H19BrN2O. The first-order chi connectivity index (χ1) is 8.58. The number of nitrogens with one attached hydrogen (secondary N) is 1. The highest BCUT2D eigenvalue weighted by Crippen LogP contribution is 2.36. The summed E-state index contributed by atoms with van der Waals surface area (Å²) >= 11 is 3.62. The Morgan fingerprint density at radius 3 is 2.50 bits per heavy atom. The number of amides is 1. The van der Waals surface area contributed by atoms with Crippen molar-refractivity contribution < 1.29 is 4.79 Å². The largest absolute Gasteiger partial charge is 0.378 e. The third-order valence-corrected chi connectivity index (χ3v) is 4.31. The normalized spacial score (nSPS) is 16.2. The van der Waals surface area contributed by atoms with E-state index in [0.717, 1.165) is 17.2 Å². The minimum Gasteiger partial charge on any atom is -0.378 e. The Balaban J connectivity index is 1.87. The van der Waals surface area contributed by atoms with Crippen molar-refractivity contribution in [1.29, 1.82) is 0 Å². The van der Waals surface area contributed by atoms with Gasteiger partial charge in [-0.25, -0.2) is 0 Å². The summed E-state index contributed by atoms with van der Waals surface area (Å²) in [4.78, 5) is 14.4. The van der Waals surface area contributed by atoms with Gasteiger partial charge >= 0.3 is 0 Å². The number of nitrogens with zero attached hydrogens (tertiary/aromatic N) is 1. The maximum atomic E-state index is 11.9. The van der Waals surface area contributed by atoms with E-state index in [1.54, 1.807) is 0 Å². The average molecular weight is 311 g/mol. The summed E-state index contributed by atoms with van der Waals surface area (Å²) in [6, 6.07) is 7.65. The van der Waals surface area contributed by atoms with Gasteiger partial charge in [0.2, 0.25) is 0 Å². The van der Waals surface area contributed by atoms with Gasteiger partial charge < -0.3 is 10.2 Å². The fraction of sp³-hybridized carbons (Fsp3) is 0.500. The maximum Gasteiger partial charge on any atom is 0.251 e. The molecule has 0 heterocycles. The summed E-state index contributed by atoms with van der Waals surface area (Å²) in [6.45, 7) is 0.707. The number of rotatable bonds is 5. The van der Waals surface area contributed by atoms with Gasteiger partial charge in [-0.3, -0.25) is 4.79 Å². The van der Waals surface area contributed by atoms with Gasteiger partial charge in [0.25, 0.3) is 5.91 Å². The van der Waals surface area contributed by atoms with Gasteiger partial charge in [-0.15, -0.1) is 0 Å². The molecule has 18 heavy (non-hydrogen) atoms. The molecule has 0 spiro atoms. The molecule has 1 atom stereocenters. The van der Waals surface area contributed by atoms with Crippen LogP contribution in [0.15, 0.2) is 24.3 Å². The van der Waals surface area contributed by atoms with Gasteiger partial charge in [-0.1, -0.05) is 15.9 Å². The van der Waals surface area contributed by atoms with Crippen molar-refractivity contribution in [3.63, 3.8) is 0 Å². The molecule has 4 heteroatoms. The summed E-state index contributed by atoms with van der Waals surface area (Å²) < 4.78 is 0. The van der Waals surface area contributed by atoms with Crippen LogP contribution in [0.25, 0.3) is 0 Å².